The van der Waals surface area contributed by atoms with Crippen molar-refractivity contribution in [2.45, 2.75) is 10.9 Å². The number of amides is 3. The highest BCUT2D eigenvalue weighted by molar-refractivity contribution is 7.89. The summed E-state index contributed by atoms with van der Waals surface area (Å²) in [4.78, 5) is 26.9. The third-order valence-corrected chi connectivity index (χ3v) is 7.13. The van der Waals surface area contributed by atoms with Crippen molar-refractivity contribution < 1.29 is 27.1 Å². The minimum Gasteiger partial charge on any atom is -0.383 e. The molecule has 2 aromatic carbocycles. The van der Waals surface area contributed by atoms with Crippen LogP contribution in [0.1, 0.15) is 5.56 Å². The van der Waals surface area contributed by atoms with E-state index in [9.17, 15) is 22.4 Å². The van der Waals surface area contributed by atoms with Gasteiger partial charge in [0.1, 0.15) is 11.9 Å². The summed E-state index contributed by atoms with van der Waals surface area (Å²) in [5.74, 6) is -1.03. The fourth-order valence-electron chi connectivity index (χ4n) is 3.42. The molecule has 1 unspecified atom stereocenters. The number of hydrogen-bond acceptors (Lipinski definition) is 6. The molecular formula is C22H24FN5O5S. The number of sulfonamides is 1. The summed E-state index contributed by atoms with van der Waals surface area (Å²) >= 11 is 0. The number of carbonyl (C=O) groups is 2. The molecule has 0 radical (unpaired) electrons. The van der Waals surface area contributed by atoms with Crippen LogP contribution in [0.3, 0.4) is 0 Å². The number of ether oxygens (including phenoxy) is 1. The molecule has 0 spiro atoms. The number of nitrogens with one attached hydrogen (secondary N) is 2. The van der Waals surface area contributed by atoms with Crippen molar-refractivity contribution in [2.24, 2.45) is 0 Å². The molecule has 10 nitrogen and oxygen atoms in total. The first-order valence-electron chi connectivity index (χ1n) is 10.4. The van der Waals surface area contributed by atoms with E-state index in [-0.39, 0.29) is 37.7 Å². The Morgan fingerprint density at radius 2 is 1.82 bits per heavy atom. The maximum Gasteiger partial charge on any atom is 0.321 e. The van der Waals surface area contributed by atoms with Crippen molar-refractivity contribution >= 4 is 27.6 Å². The highest BCUT2D eigenvalue weighted by Gasteiger charge is 2.41. The van der Waals surface area contributed by atoms with Crippen LogP contribution in [0.15, 0.2) is 53.4 Å². The zero-order chi connectivity index (χ0) is 24.7. The van der Waals surface area contributed by atoms with Gasteiger partial charge in [0, 0.05) is 39.0 Å². The molecule has 0 bridgehead atoms. The molecule has 3 amide bonds. The Hall–Kier alpha value is -3.53. The van der Waals surface area contributed by atoms with Crippen molar-refractivity contribution in [1.29, 1.82) is 5.26 Å². The number of benzene rings is 2. The van der Waals surface area contributed by atoms with Crippen LogP contribution in [0.5, 0.6) is 0 Å². The fraction of sp³-hybridized carbons (Fsp3) is 0.318. The maximum atomic E-state index is 13.3. The van der Waals surface area contributed by atoms with E-state index in [0.29, 0.717) is 11.3 Å². The van der Waals surface area contributed by atoms with E-state index >= 15 is 0 Å². The van der Waals surface area contributed by atoms with Gasteiger partial charge in [0.05, 0.1) is 23.1 Å². The van der Waals surface area contributed by atoms with Gasteiger partial charge in [0.15, 0.2) is 0 Å². The second-order valence-corrected chi connectivity index (χ2v) is 9.33. The first-order valence-corrected chi connectivity index (χ1v) is 11.8. The second kappa shape index (κ2) is 11.1. The molecule has 1 atom stereocenters. The number of anilines is 1. The number of carbonyl (C=O) groups excluding carboxylic acids is 2. The Labute approximate surface area is 197 Å². The molecule has 0 aliphatic carbocycles. The van der Waals surface area contributed by atoms with Gasteiger partial charge in [-0.15, -0.1) is 0 Å². The van der Waals surface area contributed by atoms with Gasteiger partial charge in [0.25, 0.3) is 0 Å². The van der Waals surface area contributed by atoms with Crippen molar-refractivity contribution in [3.63, 3.8) is 0 Å². The van der Waals surface area contributed by atoms with Crippen LogP contribution in [-0.2, 0) is 19.6 Å². The molecule has 0 saturated carbocycles. The van der Waals surface area contributed by atoms with E-state index in [1.54, 1.807) is 0 Å². The van der Waals surface area contributed by atoms with Crippen LogP contribution in [0.25, 0.3) is 0 Å². The molecular weight excluding hydrogens is 465 g/mol. The predicted molar refractivity (Wildman–Crippen MR) is 121 cm³/mol. The lowest BCUT2D eigenvalue weighted by Crippen LogP contribution is -2.62. The first-order chi connectivity index (χ1) is 16.3. The summed E-state index contributed by atoms with van der Waals surface area (Å²) in [6.45, 7) is 0.112. The van der Waals surface area contributed by atoms with E-state index in [1.807, 2.05) is 6.07 Å². The highest BCUT2D eigenvalue weighted by Crippen LogP contribution is 2.23. The monoisotopic (exact) mass is 489 g/mol. The summed E-state index contributed by atoms with van der Waals surface area (Å²) in [6.07, 6.45) is 0. The molecule has 0 aromatic heterocycles. The van der Waals surface area contributed by atoms with E-state index in [4.69, 9.17) is 10.00 Å². The van der Waals surface area contributed by atoms with Gasteiger partial charge in [0.2, 0.25) is 15.9 Å². The summed E-state index contributed by atoms with van der Waals surface area (Å²) in [5, 5.41) is 14.2. The van der Waals surface area contributed by atoms with Crippen molar-refractivity contribution in [3.05, 3.63) is 59.9 Å². The van der Waals surface area contributed by atoms with Crippen molar-refractivity contribution in [1.82, 2.24) is 14.5 Å². The average molecular weight is 490 g/mol. The second-order valence-electron chi connectivity index (χ2n) is 7.43. The Bertz CT molecular complexity index is 1170. The summed E-state index contributed by atoms with van der Waals surface area (Å²) < 4.78 is 45.7. The van der Waals surface area contributed by atoms with Crippen molar-refractivity contribution in [2.75, 3.05) is 45.2 Å². The topological polar surface area (TPSA) is 132 Å². The first kappa shape index (κ1) is 25.1. The van der Waals surface area contributed by atoms with Gasteiger partial charge in [-0.2, -0.15) is 9.57 Å². The van der Waals surface area contributed by atoms with E-state index in [0.717, 1.165) is 4.31 Å². The van der Waals surface area contributed by atoms with Gasteiger partial charge < -0.3 is 20.3 Å². The molecule has 1 aliphatic heterocycles. The van der Waals surface area contributed by atoms with Crippen LogP contribution < -0.4 is 10.6 Å². The summed E-state index contributed by atoms with van der Waals surface area (Å²) in [7, 11) is -2.62. The van der Waals surface area contributed by atoms with Gasteiger partial charge >= 0.3 is 6.03 Å². The maximum absolute atomic E-state index is 13.3. The minimum atomic E-state index is -4.09. The van der Waals surface area contributed by atoms with Gasteiger partial charge in [-0.1, -0.05) is 0 Å². The quantitative estimate of drug-likeness (QED) is 0.565. The normalized spacial score (nSPS) is 16.5. The lowest BCUT2D eigenvalue weighted by molar-refractivity contribution is -0.126. The van der Waals surface area contributed by atoms with E-state index < -0.39 is 33.8 Å². The molecule has 180 valence electrons. The molecule has 1 heterocycles. The molecule has 1 aliphatic rings. The zero-order valence-electron chi connectivity index (χ0n) is 18.4. The van der Waals surface area contributed by atoms with E-state index in [1.165, 1.54) is 60.5 Å². The largest absolute Gasteiger partial charge is 0.383 e. The number of hydrogen-bond donors (Lipinski definition) is 2. The minimum absolute atomic E-state index is 0.0321. The third-order valence-electron chi connectivity index (χ3n) is 5.21. The lowest BCUT2D eigenvalue weighted by Gasteiger charge is -2.39. The van der Waals surface area contributed by atoms with Crippen LogP contribution in [0.4, 0.5) is 14.9 Å². The molecule has 2 N–H and O–H groups in total. The number of piperazine rings is 1. The smallest absolute Gasteiger partial charge is 0.321 e. The molecule has 1 fully saturated rings. The average Bonchev–Trinajstić information content (AvgIpc) is 2.85. The molecule has 1 saturated heterocycles. The van der Waals surface area contributed by atoms with Crippen LogP contribution >= 0.6 is 0 Å². The molecule has 34 heavy (non-hydrogen) atoms. The SMILES string of the molecule is COCCNC(=O)C1CN(C(=O)Nc2ccc(F)cc2)CCN1S(=O)(=O)c1ccc(C#N)cc1. The standard InChI is InChI=1S/C22H24FN5O5S/c1-33-13-10-25-21(29)20-15-27(22(30)26-18-6-4-17(23)5-7-18)11-12-28(20)34(31,32)19-8-2-16(14-24)3-9-19/h2-9,20H,10-13,15H2,1H3,(H,25,29)(H,26,30). The van der Waals surface area contributed by atoms with Crippen LogP contribution in [0.2, 0.25) is 0 Å². The Morgan fingerprint density at radius 3 is 2.44 bits per heavy atom. The van der Waals surface area contributed by atoms with Gasteiger partial charge in [-0.05, 0) is 48.5 Å². The zero-order valence-corrected chi connectivity index (χ0v) is 19.2. The Kier molecular flexibility index (Phi) is 8.17. The van der Waals surface area contributed by atoms with Gasteiger partial charge in [-0.25, -0.2) is 17.6 Å². The van der Waals surface area contributed by atoms with Gasteiger partial charge in [-0.3, -0.25) is 4.79 Å². The molecule has 2 aromatic rings. The fourth-order valence-corrected chi connectivity index (χ4v) is 4.99. The number of methoxy groups -OCH3 is 1. The van der Waals surface area contributed by atoms with Crippen LogP contribution in [-0.4, -0.2) is 75.5 Å². The molecule has 12 heteroatoms. The highest BCUT2D eigenvalue weighted by atomic mass is 32.2. The van der Waals surface area contributed by atoms with E-state index in [2.05, 4.69) is 10.6 Å². The molecule has 3 rings (SSSR count). The van der Waals surface area contributed by atoms with Crippen LogP contribution in [0, 0.1) is 17.1 Å². The number of rotatable bonds is 7. The summed E-state index contributed by atoms with van der Waals surface area (Å²) in [5.41, 5.74) is 0.662. The number of urea groups is 1. The lowest BCUT2D eigenvalue weighted by atomic mass is 10.2. The Morgan fingerprint density at radius 1 is 1.15 bits per heavy atom. The number of nitriles is 1. The Balaban J connectivity index is 1.82. The van der Waals surface area contributed by atoms with Crippen molar-refractivity contribution in [3.8, 4) is 6.07 Å². The third kappa shape index (κ3) is 5.88. The summed E-state index contributed by atoms with van der Waals surface area (Å²) in [6, 6.07) is 10.8. The number of halogens is 1. The predicted octanol–water partition coefficient (Wildman–Crippen LogP) is 1.37. The number of nitrogens with zero attached hydrogens (tertiary/aromatic N) is 3.